The number of nitrogens with one attached hydrogen (secondary N) is 1. The molecule has 1 aliphatic carbocycles. The van der Waals surface area contributed by atoms with Crippen molar-refractivity contribution in [2.45, 2.75) is 89.6 Å². The smallest absolute Gasteiger partial charge is 0.248 e. The molecule has 2 unspecified atom stereocenters. The van der Waals surface area contributed by atoms with Crippen LogP contribution in [0.1, 0.15) is 76.1 Å². The Balaban J connectivity index is 1.21. The fourth-order valence-electron chi connectivity index (χ4n) is 5.61. The second kappa shape index (κ2) is 11.3. The van der Waals surface area contributed by atoms with E-state index < -0.39 is 23.6 Å². The Morgan fingerprint density at radius 1 is 1.13 bits per heavy atom. The van der Waals surface area contributed by atoms with E-state index in [0.29, 0.717) is 12.5 Å². The first kappa shape index (κ1) is 27.6. The topological polar surface area (TPSA) is 113 Å². The van der Waals surface area contributed by atoms with Crippen molar-refractivity contribution in [2.75, 3.05) is 26.7 Å². The molecule has 3 fully saturated rings. The van der Waals surface area contributed by atoms with Crippen LogP contribution in [0, 0.1) is 5.41 Å². The van der Waals surface area contributed by atoms with Crippen molar-refractivity contribution in [3.8, 4) is 5.75 Å². The van der Waals surface area contributed by atoms with E-state index in [9.17, 15) is 14.7 Å². The zero-order valence-electron chi connectivity index (χ0n) is 23.5. The summed E-state index contributed by atoms with van der Waals surface area (Å²) >= 11 is 0. The number of hydrogen-bond donors (Lipinski definition) is 2. The van der Waals surface area contributed by atoms with Crippen LogP contribution >= 0.6 is 0 Å². The van der Waals surface area contributed by atoms with Crippen molar-refractivity contribution < 1.29 is 19.4 Å². The van der Waals surface area contributed by atoms with Gasteiger partial charge in [-0.3, -0.25) is 9.59 Å². The van der Waals surface area contributed by atoms with Crippen molar-refractivity contribution in [3.63, 3.8) is 0 Å². The third-order valence-electron chi connectivity index (χ3n) is 8.07. The maximum Gasteiger partial charge on any atom is 0.248 e. The van der Waals surface area contributed by atoms with Crippen molar-refractivity contribution in [1.29, 1.82) is 0 Å². The molecule has 212 valence electrons. The quantitative estimate of drug-likeness (QED) is 0.531. The third kappa shape index (κ3) is 6.61. The highest BCUT2D eigenvalue weighted by atomic mass is 16.5. The molecule has 10 heteroatoms. The normalized spacial score (nSPS) is 23.6. The lowest BCUT2D eigenvalue weighted by Gasteiger charge is -2.34. The molecule has 2 N–H and O–H groups in total. The number of rotatable bonds is 8. The van der Waals surface area contributed by atoms with Gasteiger partial charge in [-0.1, -0.05) is 38.1 Å². The molecule has 1 aromatic heterocycles. The van der Waals surface area contributed by atoms with Crippen LogP contribution in [0.25, 0.3) is 0 Å². The number of aromatic nitrogens is 3. The maximum atomic E-state index is 13.9. The predicted octanol–water partition coefficient (Wildman–Crippen LogP) is 2.49. The van der Waals surface area contributed by atoms with Crippen molar-refractivity contribution >= 4 is 11.8 Å². The number of β-amino-alcohol motifs (C(OH)–C–C–N with tert-alkyl or cyclic N) is 1. The van der Waals surface area contributed by atoms with E-state index in [1.165, 1.54) is 4.90 Å². The molecule has 3 aliphatic rings. The molecule has 2 aromatic rings. The van der Waals surface area contributed by atoms with Crippen LogP contribution in [0.3, 0.4) is 0 Å². The number of hydrogen-bond acceptors (Lipinski definition) is 7. The number of likely N-dealkylation sites (tertiary alicyclic amines) is 2. The van der Waals surface area contributed by atoms with Crippen LogP contribution < -0.4 is 10.1 Å². The Labute approximate surface area is 230 Å². The summed E-state index contributed by atoms with van der Waals surface area (Å²) < 4.78 is 7.77. The number of nitrogens with zero attached hydrogens (tertiary/aromatic N) is 5. The van der Waals surface area contributed by atoms with Gasteiger partial charge in [-0.05, 0) is 55.8 Å². The summed E-state index contributed by atoms with van der Waals surface area (Å²) in [6, 6.07) is 6.42. The lowest BCUT2D eigenvalue weighted by atomic mass is 9.85. The van der Waals surface area contributed by atoms with Gasteiger partial charge in [-0.15, -0.1) is 5.10 Å². The van der Waals surface area contributed by atoms with E-state index in [0.717, 1.165) is 55.8 Å². The largest absolute Gasteiger partial charge is 0.490 e. The van der Waals surface area contributed by atoms with Crippen molar-refractivity contribution in [3.05, 3.63) is 41.7 Å². The molecule has 10 nitrogen and oxygen atoms in total. The number of amides is 2. The zero-order valence-corrected chi connectivity index (χ0v) is 23.5. The van der Waals surface area contributed by atoms with Gasteiger partial charge in [-0.2, -0.15) is 0 Å². The van der Waals surface area contributed by atoms with Crippen molar-refractivity contribution in [1.82, 2.24) is 30.1 Å². The first-order valence-electron chi connectivity index (χ1n) is 14.2. The maximum absolute atomic E-state index is 13.9. The van der Waals surface area contributed by atoms with Gasteiger partial charge in [0.25, 0.3) is 0 Å². The molecule has 2 aliphatic heterocycles. The monoisotopic (exact) mass is 538 g/mol. The molecule has 1 aromatic carbocycles. The van der Waals surface area contributed by atoms with Gasteiger partial charge in [0.05, 0.1) is 11.8 Å². The molecule has 0 spiro atoms. The van der Waals surface area contributed by atoms with E-state index >= 15 is 0 Å². The molecule has 2 amide bonds. The van der Waals surface area contributed by atoms with E-state index in [-0.39, 0.29) is 30.9 Å². The summed E-state index contributed by atoms with van der Waals surface area (Å²) in [5.41, 5.74) is 1.39. The number of carbonyl (C=O) groups excluding carboxylic acids is 2. The molecule has 39 heavy (non-hydrogen) atoms. The average molecular weight is 539 g/mol. The standard InChI is InChI=1S/C29H42N6O4/c1-29(2,3)26(35-18-24(31-32-35)20-7-8-20)28(38)34-17-21(36)15-25(34)27(37)30-16-19-5-9-22(10-6-19)39-23-11-13-33(4)14-12-23/h5-6,9-10,18,20-21,23,25-26,36H,7-8,11-17H2,1-4H3,(H,30,37)/t21?,25?,26-/m1/s1. The minimum Gasteiger partial charge on any atom is -0.490 e. The van der Waals surface area contributed by atoms with Crippen LogP contribution in [0.5, 0.6) is 5.75 Å². The minimum absolute atomic E-state index is 0.122. The molecule has 0 radical (unpaired) electrons. The van der Waals surface area contributed by atoms with E-state index in [1.807, 2.05) is 51.2 Å². The van der Waals surface area contributed by atoms with Gasteiger partial charge in [0.15, 0.2) is 0 Å². The number of benzene rings is 1. The Morgan fingerprint density at radius 3 is 2.46 bits per heavy atom. The summed E-state index contributed by atoms with van der Waals surface area (Å²) in [5.74, 6) is 0.774. The highest BCUT2D eigenvalue weighted by Gasteiger charge is 2.45. The van der Waals surface area contributed by atoms with Gasteiger partial charge in [-0.25, -0.2) is 4.68 Å². The van der Waals surface area contributed by atoms with Crippen LogP contribution in [-0.4, -0.2) is 86.6 Å². The second-order valence-corrected chi connectivity index (χ2v) is 12.5. The summed E-state index contributed by atoms with van der Waals surface area (Å²) in [6.45, 7) is 8.48. The van der Waals surface area contributed by atoms with Crippen LogP contribution in [0.15, 0.2) is 30.5 Å². The Morgan fingerprint density at radius 2 is 1.82 bits per heavy atom. The van der Waals surface area contributed by atoms with Crippen molar-refractivity contribution in [2.24, 2.45) is 5.41 Å². The lowest BCUT2D eigenvalue weighted by Crippen LogP contribution is -2.50. The van der Waals surface area contributed by atoms with Gasteiger partial charge in [0.2, 0.25) is 11.8 Å². The molecular formula is C29H42N6O4. The number of piperidine rings is 1. The Bertz CT molecular complexity index is 1150. The Kier molecular flexibility index (Phi) is 7.96. The molecule has 0 bridgehead atoms. The molecule has 2 saturated heterocycles. The summed E-state index contributed by atoms with van der Waals surface area (Å²) in [6.07, 6.45) is 5.80. The molecule has 5 rings (SSSR count). The van der Waals surface area contributed by atoms with E-state index in [2.05, 4.69) is 27.6 Å². The van der Waals surface area contributed by atoms with Gasteiger partial charge >= 0.3 is 0 Å². The minimum atomic E-state index is -0.751. The highest BCUT2D eigenvalue weighted by molar-refractivity contribution is 5.90. The molecule has 1 saturated carbocycles. The highest BCUT2D eigenvalue weighted by Crippen LogP contribution is 2.40. The fraction of sp³-hybridized carbons (Fsp3) is 0.655. The lowest BCUT2D eigenvalue weighted by molar-refractivity contribution is -0.144. The van der Waals surface area contributed by atoms with Crippen LogP contribution in [0.2, 0.25) is 0 Å². The Hall–Kier alpha value is -2.98. The second-order valence-electron chi connectivity index (χ2n) is 12.5. The summed E-state index contributed by atoms with van der Waals surface area (Å²) in [7, 11) is 2.13. The first-order valence-corrected chi connectivity index (χ1v) is 14.2. The molecule has 3 atom stereocenters. The fourth-order valence-corrected chi connectivity index (χ4v) is 5.61. The SMILES string of the molecule is CN1CCC(Oc2ccc(CNC(=O)C3CC(O)CN3C(=O)[C@@H](n3cc(C4CC4)nn3)C(C)(C)C)cc2)CC1. The molecule has 3 heterocycles. The molecular weight excluding hydrogens is 496 g/mol. The number of aliphatic hydroxyl groups excluding tert-OH is 1. The summed E-state index contributed by atoms with van der Waals surface area (Å²) in [4.78, 5) is 31.0. The summed E-state index contributed by atoms with van der Waals surface area (Å²) in [5, 5.41) is 22.0. The van der Waals surface area contributed by atoms with Gasteiger partial charge < -0.3 is 25.0 Å². The first-order chi connectivity index (χ1) is 18.6. The number of aliphatic hydroxyl groups is 1. The van der Waals surface area contributed by atoms with Gasteiger partial charge in [0.1, 0.15) is 23.9 Å². The van der Waals surface area contributed by atoms with Crippen LogP contribution in [0.4, 0.5) is 0 Å². The third-order valence-corrected chi connectivity index (χ3v) is 8.07. The van der Waals surface area contributed by atoms with Crippen LogP contribution in [-0.2, 0) is 16.1 Å². The number of carbonyl (C=O) groups is 2. The number of ether oxygens (including phenoxy) is 1. The average Bonchev–Trinajstić information content (AvgIpc) is 3.50. The zero-order chi connectivity index (χ0) is 27.7. The van der Waals surface area contributed by atoms with E-state index in [1.54, 1.807) is 4.68 Å². The van der Waals surface area contributed by atoms with Gasteiger partial charge in [0, 0.05) is 44.7 Å². The predicted molar refractivity (Wildman–Crippen MR) is 146 cm³/mol. The van der Waals surface area contributed by atoms with E-state index in [4.69, 9.17) is 4.74 Å².